The summed E-state index contributed by atoms with van der Waals surface area (Å²) in [5, 5.41) is 7.78. The van der Waals surface area contributed by atoms with Gasteiger partial charge in [-0.1, -0.05) is 36.2 Å². The van der Waals surface area contributed by atoms with Gasteiger partial charge in [-0.25, -0.2) is 4.98 Å². The maximum absolute atomic E-state index is 6.27. The van der Waals surface area contributed by atoms with Crippen LogP contribution in [0.25, 0.3) is 0 Å². The molecule has 2 nitrogen and oxygen atoms in total. The van der Waals surface area contributed by atoms with E-state index < -0.39 is 0 Å². The predicted octanol–water partition coefficient (Wildman–Crippen LogP) is 4.54. The van der Waals surface area contributed by atoms with Crippen LogP contribution in [0.1, 0.15) is 30.0 Å². The van der Waals surface area contributed by atoms with Crippen molar-refractivity contribution in [2.45, 2.75) is 19.4 Å². The van der Waals surface area contributed by atoms with Crippen LogP contribution in [0.3, 0.4) is 0 Å². The van der Waals surface area contributed by atoms with Crippen LogP contribution in [-0.2, 0) is 0 Å². The summed E-state index contributed by atoms with van der Waals surface area (Å²) in [6, 6.07) is 5.62. The monoisotopic (exact) mass is 300 g/mol. The largest absolute Gasteiger partial charge is 0.304 e. The molecular weight excluding hydrogens is 287 g/mol. The minimum atomic E-state index is 0.0368. The number of hydrogen-bond donors (Lipinski definition) is 1. The van der Waals surface area contributed by atoms with Crippen LogP contribution in [0.15, 0.2) is 29.8 Å². The molecule has 0 radical (unpaired) electrons. The second-order valence-electron chi connectivity index (χ2n) is 3.92. The zero-order chi connectivity index (χ0) is 13.0. The molecule has 0 spiro atoms. The van der Waals surface area contributed by atoms with Crippen molar-refractivity contribution in [1.82, 2.24) is 10.3 Å². The van der Waals surface area contributed by atoms with Crippen molar-refractivity contribution < 1.29 is 0 Å². The molecule has 1 heterocycles. The number of halogens is 2. The van der Waals surface area contributed by atoms with Crippen LogP contribution in [0.2, 0.25) is 10.0 Å². The van der Waals surface area contributed by atoms with Crippen molar-refractivity contribution in [3.8, 4) is 0 Å². The topological polar surface area (TPSA) is 24.9 Å². The number of nitrogens with one attached hydrogen (secondary N) is 1. The third-order valence-electron chi connectivity index (χ3n) is 2.57. The van der Waals surface area contributed by atoms with Gasteiger partial charge >= 0.3 is 0 Å². The highest BCUT2D eigenvalue weighted by Gasteiger charge is 2.18. The number of aromatic nitrogens is 1. The molecule has 1 N–H and O–H groups in total. The molecule has 96 valence electrons. The number of thiazole rings is 1. The Bertz CT molecular complexity index is 500. The van der Waals surface area contributed by atoms with Gasteiger partial charge in [-0.05, 0) is 30.7 Å². The zero-order valence-corrected chi connectivity index (χ0v) is 12.3. The standard InChI is InChI=1S/C13H14Cl2N2S/c1-2-5-16-12(13-17-6-7-18-13)10-4-3-9(14)8-11(10)15/h3-4,6-8,12,16H,2,5H2,1H3. The third kappa shape index (κ3) is 3.23. The van der Waals surface area contributed by atoms with E-state index in [-0.39, 0.29) is 6.04 Å². The minimum absolute atomic E-state index is 0.0368. The highest BCUT2D eigenvalue weighted by molar-refractivity contribution is 7.09. The van der Waals surface area contributed by atoms with E-state index >= 15 is 0 Å². The van der Waals surface area contributed by atoms with E-state index in [1.165, 1.54) is 0 Å². The molecule has 1 aromatic heterocycles. The normalized spacial score (nSPS) is 12.6. The van der Waals surface area contributed by atoms with Gasteiger partial charge in [0.05, 0.1) is 6.04 Å². The van der Waals surface area contributed by atoms with Crippen LogP contribution >= 0.6 is 34.5 Å². The Labute approximate surface area is 121 Å². The number of rotatable bonds is 5. The van der Waals surface area contributed by atoms with Gasteiger partial charge in [0.15, 0.2) is 0 Å². The molecule has 2 rings (SSSR count). The van der Waals surface area contributed by atoms with Crippen LogP contribution in [-0.4, -0.2) is 11.5 Å². The number of hydrogen-bond acceptors (Lipinski definition) is 3. The van der Waals surface area contributed by atoms with Gasteiger partial charge in [-0.3, -0.25) is 0 Å². The Morgan fingerprint density at radius 2 is 2.22 bits per heavy atom. The maximum atomic E-state index is 6.27. The second kappa shape index (κ2) is 6.53. The third-order valence-corrected chi connectivity index (χ3v) is 3.97. The van der Waals surface area contributed by atoms with Crippen LogP contribution < -0.4 is 5.32 Å². The molecule has 1 atom stereocenters. The van der Waals surface area contributed by atoms with Gasteiger partial charge in [-0.2, -0.15) is 0 Å². The molecule has 18 heavy (non-hydrogen) atoms. The first kappa shape index (κ1) is 13.8. The second-order valence-corrected chi connectivity index (χ2v) is 5.69. The predicted molar refractivity (Wildman–Crippen MR) is 78.7 cm³/mol. The van der Waals surface area contributed by atoms with E-state index in [0.717, 1.165) is 23.5 Å². The maximum Gasteiger partial charge on any atom is 0.114 e. The highest BCUT2D eigenvalue weighted by Crippen LogP contribution is 2.31. The SMILES string of the molecule is CCCNC(c1nccs1)c1ccc(Cl)cc1Cl. The number of nitrogens with zero attached hydrogens (tertiary/aromatic N) is 1. The summed E-state index contributed by atoms with van der Waals surface area (Å²) in [7, 11) is 0. The lowest BCUT2D eigenvalue weighted by Gasteiger charge is -2.18. The van der Waals surface area contributed by atoms with Gasteiger partial charge < -0.3 is 5.32 Å². The zero-order valence-electron chi connectivity index (χ0n) is 9.99. The molecule has 0 amide bonds. The van der Waals surface area contributed by atoms with Gasteiger partial charge in [0.1, 0.15) is 5.01 Å². The summed E-state index contributed by atoms with van der Waals surface area (Å²) < 4.78 is 0. The van der Waals surface area contributed by atoms with Gasteiger partial charge in [0, 0.05) is 21.6 Å². The molecule has 0 aliphatic carbocycles. The molecule has 2 aromatic rings. The Morgan fingerprint density at radius 1 is 1.39 bits per heavy atom. The fourth-order valence-electron chi connectivity index (χ4n) is 1.73. The van der Waals surface area contributed by atoms with E-state index in [1.54, 1.807) is 17.4 Å². The van der Waals surface area contributed by atoms with Crippen molar-refractivity contribution in [3.05, 3.63) is 50.4 Å². The fourth-order valence-corrected chi connectivity index (χ4v) is 2.98. The lowest BCUT2D eigenvalue weighted by atomic mass is 10.1. The first-order valence-electron chi connectivity index (χ1n) is 5.80. The van der Waals surface area contributed by atoms with Crippen molar-refractivity contribution in [2.24, 2.45) is 0 Å². The molecule has 5 heteroatoms. The molecule has 0 aliphatic rings. The van der Waals surface area contributed by atoms with Crippen LogP contribution in [0, 0.1) is 0 Å². The molecule has 0 saturated carbocycles. The van der Waals surface area contributed by atoms with E-state index in [4.69, 9.17) is 23.2 Å². The summed E-state index contributed by atoms with van der Waals surface area (Å²) in [6.07, 6.45) is 2.87. The molecule has 1 aromatic carbocycles. The summed E-state index contributed by atoms with van der Waals surface area (Å²) in [4.78, 5) is 4.37. The summed E-state index contributed by atoms with van der Waals surface area (Å²) in [5.74, 6) is 0. The fraction of sp³-hybridized carbons (Fsp3) is 0.308. The Kier molecular flexibility index (Phi) is 5.01. The van der Waals surface area contributed by atoms with E-state index in [1.807, 2.05) is 23.7 Å². The first-order chi connectivity index (χ1) is 8.72. The van der Waals surface area contributed by atoms with E-state index in [2.05, 4.69) is 17.2 Å². The van der Waals surface area contributed by atoms with E-state index in [9.17, 15) is 0 Å². The molecule has 0 fully saturated rings. The van der Waals surface area contributed by atoms with Crippen molar-refractivity contribution >= 4 is 34.5 Å². The smallest absolute Gasteiger partial charge is 0.114 e. The average Bonchev–Trinajstić information content (AvgIpc) is 2.85. The average molecular weight is 301 g/mol. The lowest BCUT2D eigenvalue weighted by molar-refractivity contribution is 0.596. The summed E-state index contributed by atoms with van der Waals surface area (Å²) >= 11 is 13.8. The van der Waals surface area contributed by atoms with E-state index in [0.29, 0.717) is 10.0 Å². The Hall–Kier alpha value is -0.610. The minimum Gasteiger partial charge on any atom is -0.304 e. The highest BCUT2D eigenvalue weighted by atomic mass is 35.5. The van der Waals surface area contributed by atoms with Gasteiger partial charge in [0.25, 0.3) is 0 Å². The molecule has 1 unspecified atom stereocenters. The molecule has 0 saturated heterocycles. The first-order valence-corrected chi connectivity index (χ1v) is 7.43. The Balaban J connectivity index is 2.33. The van der Waals surface area contributed by atoms with Crippen molar-refractivity contribution in [2.75, 3.05) is 6.54 Å². The quantitative estimate of drug-likeness (QED) is 0.877. The molecule has 0 bridgehead atoms. The van der Waals surface area contributed by atoms with Crippen molar-refractivity contribution in [1.29, 1.82) is 0 Å². The Morgan fingerprint density at radius 3 is 2.83 bits per heavy atom. The molecular formula is C13H14Cl2N2S. The van der Waals surface area contributed by atoms with Crippen molar-refractivity contribution in [3.63, 3.8) is 0 Å². The molecule has 0 aliphatic heterocycles. The lowest BCUT2D eigenvalue weighted by Crippen LogP contribution is -2.23. The van der Waals surface area contributed by atoms with Crippen LogP contribution in [0.4, 0.5) is 0 Å². The van der Waals surface area contributed by atoms with Gasteiger partial charge in [0.2, 0.25) is 0 Å². The van der Waals surface area contributed by atoms with Crippen LogP contribution in [0.5, 0.6) is 0 Å². The van der Waals surface area contributed by atoms with Gasteiger partial charge in [-0.15, -0.1) is 11.3 Å². The summed E-state index contributed by atoms with van der Waals surface area (Å²) in [5.41, 5.74) is 1.02. The number of benzene rings is 1. The summed E-state index contributed by atoms with van der Waals surface area (Å²) in [6.45, 7) is 3.05.